The zero-order valence-electron chi connectivity index (χ0n) is 14.9. The Labute approximate surface area is 156 Å². The van der Waals surface area contributed by atoms with E-state index in [0.717, 1.165) is 34.9 Å². The van der Waals surface area contributed by atoms with Crippen LogP contribution in [0.3, 0.4) is 0 Å². The molecule has 1 aliphatic carbocycles. The molecular formula is C18H22N4O3S. The zero-order valence-corrected chi connectivity index (χ0v) is 15.7. The van der Waals surface area contributed by atoms with Crippen LogP contribution >= 0.6 is 11.3 Å². The van der Waals surface area contributed by atoms with E-state index < -0.39 is 0 Å². The van der Waals surface area contributed by atoms with Crippen molar-refractivity contribution in [1.82, 2.24) is 15.1 Å². The summed E-state index contributed by atoms with van der Waals surface area (Å²) in [5.74, 6) is 2.06. The lowest BCUT2D eigenvalue weighted by atomic mass is 10.0. The second kappa shape index (κ2) is 7.11. The molecule has 0 bridgehead atoms. The fourth-order valence-corrected chi connectivity index (χ4v) is 4.28. The standard InChI is InChI=1S/C18H22N4O3S/c1-24-12-7-8-15(25-2)13(10-12)14-4-3-9-22(14)18(23)19-17-21-20-16(26-17)11-5-6-11/h7-8,10-11,14H,3-6,9H2,1-2H3,(H,19,21,23). The van der Waals surface area contributed by atoms with E-state index in [1.807, 2.05) is 23.1 Å². The number of hydrogen-bond donors (Lipinski definition) is 1. The summed E-state index contributed by atoms with van der Waals surface area (Å²) in [4.78, 5) is 14.7. The van der Waals surface area contributed by atoms with Gasteiger partial charge in [-0.15, -0.1) is 10.2 Å². The topological polar surface area (TPSA) is 76.6 Å². The lowest BCUT2D eigenvalue weighted by Crippen LogP contribution is -2.34. The van der Waals surface area contributed by atoms with E-state index in [-0.39, 0.29) is 12.1 Å². The van der Waals surface area contributed by atoms with Crippen molar-refractivity contribution in [1.29, 1.82) is 0 Å². The Hall–Kier alpha value is -2.35. The maximum Gasteiger partial charge on any atom is 0.324 e. The Bertz CT molecular complexity index is 805. The molecule has 2 fully saturated rings. The van der Waals surface area contributed by atoms with Gasteiger partial charge < -0.3 is 14.4 Å². The molecule has 0 radical (unpaired) electrons. The Kier molecular flexibility index (Phi) is 4.67. The summed E-state index contributed by atoms with van der Waals surface area (Å²) in [6.45, 7) is 0.700. The third-order valence-electron chi connectivity index (χ3n) is 4.89. The van der Waals surface area contributed by atoms with Gasteiger partial charge in [-0.3, -0.25) is 5.32 Å². The van der Waals surface area contributed by atoms with Gasteiger partial charge in [-0.2, -0.15) is 0 Å². The molecule has 1 aromatic carbocycles. The van der Waals surface area contributed by atoms with Crippen LogP contribution in [0.15, 0.2) is 18.2 Å². The van der Waals surface area contributed by atoms with Crippen LogP contribution in [0.5, 0.6) is 11.5 Å². The molecule has 1 N–H and O–H groups in total. The first-order chi connectivity index (χ1) is 12.7. The maximum absolute atomic E-state index is 12.8. The third kappa shape index (κ3) is 3.33. The normalized spacial score (nSPS) is 19.5. The molecule has 1 saturated heterocycles. The summed E-state index contributed by atoms with van der Waals surface area (Å²) in [6.07, 6.45) is 4.18. The van der Waals surface area contributed by atoms with E-state index >= 15 is 0 Å². The molecule has 0 spiro atoms. The molecule has 1 saturated carbocycles. The number of methoxy groups -OCH3 is 2. The first-order valence-electron chi connectivity index (χ1n) is 8.82. The number of rotatable bonds is 5. The summed E-state index contributed by atoms with van der Waals surface area (Å²) in [5, 5.41) is 12.8. The molecule has 2 aromatic rings. The predicted molar refractivity (Wildman–Crippen MR) is 99.1 cm³/mol. The van der Waals surface area contributed by atoms with Crippen LogP contribution in [0.1, 0.15) is 48.2 Å². The summed E-state index contributed by atoms with van der Waals surface area (Å²) < 4.78 is 10.9. The van der Waals surface area contributed by atoms with Gasteiger partial charge in [-0.1, -0.05) is 11.3 Å². The zero-order chi connectivity index (χ0) is 18.1. The highest BCUT2D eigenvalue weighted by Gasteiger charge is 2.33. The van der Waals surface area contributed by atoms with Crippen molar-refractivity contribution >= 4 is 22.5 Å². The van der Waals surface area contributed by atoms with Crippen LogP contribution in [0.25, 0.3) is 0 Å². The number of carbonyl (C=O) groups excluding carboxylic acids is 1. The Morgan fingerprint density at radius 2 is 2.08 bits per heavy atom. The second-order valence-corrected chi connectivity index (χ2v) is 7.62. The van der Waals surface area contributed by atoms with Crippen LogP contribution < -0.4 is 14.8 Å². The first-order valence-corrected chi connectivity index (χ1v) is 9.64. The second-order valence-electron chi connectivity index (χ2n) is 6.61. The van der Waals surface area contributed by atoms with Gasteiger partial charge in [-0.05, 0) is 43.9 Å². The highest BCUT2D eigenvalue weighted by molar-refractivity contribution is 7.15. The molecule has 1 atom stereocenters. The average molecular weight is 374 g/mol. The van der Waals surface area contributed by atoms with Crippen LogP contribution in [0.2, 0.25) is 0 Å². The first kappa shape index (κ1) is 17.1. The van der Waals surface area contributed by atoms with Crippen LogP contribution in [0, 0.1) is 0 Å². The van der Waals surface area contributed by atoms with Gasteiger partial charge in [0.05, 0.1) is 20.3 Å². The monoisotopic (exact) mass is 374 g/mol. The number of urea groups is 1. The number of anilines is 1. The van der Waals surface area contributed by atoms with E-state index in [1.165, 1.54) is 24.2 Å². The van der Waals surface area contributed by atoms with Gasteiger partial charge >= 0.3 is 6.03 Å². The molecule has 138 valence electrons. The minimum absolute atomic E-state index is 0.0455. The fourth-order valence-electron chi connectivity index (χ4n) is 3.38. The molecular weight excluding hydrogens is 352 g/mol. The number of nitrogens with zero attached hydrogens (tertiary/aromatic N) is 3. The van der Waals surface area contributed by atoms with E-state index in [2.05, 4.69) is 15.5 Å². The molecule has 2 aliphatic rings. The van der Waals surface area contributed by atoms with Crippen molar-refractivity contribution < 1.29 is 14.3 Å². The largest absolute Gasteiger partial charge is 0.497 e. The molecule has 26 heavy (non-hydrogen) atoms. The molecule has 4 rings (SSSR count). The Morgan fingerprint density at radius 3 is 2.81 bits per heavy atom. The number of nitrogens with one attached hydrogen (secondary N) is 1. The number of carbonyl (C=O) groups is 1. The number of likely N-dealkylation sites (tertiary alicyclic amines) is 1. The highest BCUT2D eigenvalue weighted by atomic mass is 32.1. The van der Waals surface area contributed by atoms with Crippen LogP contribution in [-0.4, -0.2) is 41.9 Å². The van der Waals surface area contributed by atoms with Crippen molar-refractivity contribution in [3.63, 3.8) is 0 Å². The van der Waals surface area contributed by atoms with Gasteiger partial charge in [0.15, 0.2) is 0 Å². The molecule has 1 unspecified atom stereocenters. The quantitative estimate of drug-likeness (QED) is 0.861. The molecule has 1 aliphatic heterocycles. The van der Waals surface area contributed by atoms with Gasteiger partial charge in [0.1, 0.15) is 16.5 Å². The third-order valence-corrected chi connectivity index (χ3v) is 5.89. The van der Waals surface area contributed by atoms with Gasteiger partial charge in [0.2, 0.25) is 5.13 Å². The number of ether oxygens (including phenoxy) is 2. The Morgan fingerprint density at radius 1 is 1.23 bits per heavy atom. The smallest absolute Gasteiger partial charge is 0.324 e. The predicted octanol–water partition coefficient (Wildman–Crippen LogP) is 3.80. The van der Waals surface area contributed by atoms with E-state index in [0.29, 0.717) is 17.6 Å². The molecule has 7 nitrogen and oxygen atoms in total. The van der Waals surface area contributed by atoms with Crippen molar-refractivity contribution in [3.8, 4) is 11.5 Å². The number of hydrogen-bond acceptors (Lipinski definition) is 6. The molecule has 8 heteroatoms. The van der Waals surface area contributed by atoms with Crippen LogP contribution in [0.4, 0.5) is 9.93 Å². The van der Waals surface area contributed by atoms with E-state index in [9.17, 15) is 4.79 Å². The summed E-state index contributed by atoms with van der Waals surface area (Å²) in [5.41, 5.74) is 0.968. The molecule has 2 heterocycles. The molecule has 1 aromatic heterocycles. The maximum atomic E-state index is 12.8. The fraction of sp³-hybridized carbons (Fsp3) is 0.500. The Balaban J connectivity index is 1.52. The van der Waals surface area contributed by atoms with Gasteiger partial charge in [0.25, 0.3) is 0 Å². The van der Waals surface area contributed by atoms with Crippen LogP contribution in [-0.2, 0) is 0 Å². The minimum Gasteiger partial charge on any atom is -0.497 e. The number of aromatic nitrogens is 2. The summed E-state index contributed by atoms with van der Waals surface area (Å²) in [7, 11) is 3.28. The van der Waals surface area contributed by atoms with Crippen molar-refractivity contribution in [3.05, 3.63) is 28.8 Å². The summed E-state index contributed by atoms with van der Waals surface area (Å²) in [6, 6.07) is 5.51. The minimum atomic E-state index is -0.143. The average Bonchev–Trinajstić information content (AvgIpc) is 3.21. The summed E-state index contributed by atoms with van der Waals surface area (Å²) >= 11 is 1.48. The van der Waals surface area contributed by atoms with E-state index in [4.69, 9.17) is 9.47 Å². The highest BCUT2D eigenvalue weighted by Crippen LogP contribution is 2.42. The van der Waals surface area contributed by atoms with Crippen molar-refractivity contribution in [2.75, 3.05) is 26.1 Å². The van der Waals surface area contributed by atoms with Crippen molar-refractivity contribution in [2.45, 2.75) is 37.6 Å². The van der Waals surface area contributed by atoms with Crippen molar-refractivity contribution in [2.24, 2.45) is 0 Å². The van der Waals surface area contributed by atoms with Gasteiger partial charge in [0, 0.05) is 18.0 Å². The van der Waals surface area contributed by atoms with E-state index in [1.54, 1.807) is 14.2 Å². The lowest BCUT2D eigenvalue weighted by molar-refractivity contribution is 0.206. The lowest BCUT2D eigenvalue weighted by Gasteiger charge is -2.26. The number of amides is 2. The van der Waals surface area contributed by atoms with Gasteiger partial charge in [-0.25, -0.2) is 4.79 Å². The SMILES string of the molecule is COc1ccc(OC)c(C2CCCN2C(=O)Nc2nnc(C3CC3)s2)c1. The number of benzene rings is 1. The molecule has 2 amide bonds.